The Kier molecular flexibility index (Phi) is 8.52. The van der Waals surface area contributed by atoms with E-state index in [1.165, 1.54) is 0 Å². The molecule has 0 heterocycles. The first kappa shape index (κ1) is 9.27. The second kappa shape index (κ2) is 8.27. The molecule has 0 saturated heterocycles. The largest absolute Gasteiger partial charge is 0.237 e. The molecule has 0 bridgehead atoms. The summed E-state index contributed by atoms with van der Waals surface area (Å²) in [5.41, 5.74) is 0. The zero-order valence-electron chi connectivity index (χ0n) is 5.47. The summed E-state index contributed by atoms with van der Waals surface area (Å²) in [6.45, 7) is 0.0323. The van der Waals surface area contributed by atoms with Gasteiger partial charge in [0.1, 0.15) is 0 Å². The van der Waals surface area contributed by atoms with Crippen LogP contribution in [0.25, 0.3) is 0 Å². The minimum absolute atomic E-state index is 0.0323. The van der Waals surface area contributed by atoms with E-state index in [0.717, 1.165) is 25.7 Å². The lowest BCUT2D eigenvalue weighted by atomic mass is 10.2. The minimum Gasteiger partial charge on any atom is -0.237 e. The zero-order valence-corrected chi connectivity index (χ0v) is 6.28. The molecule has 0 fully saturated rings. The van der Waals surface area contributed by atoms with Gasteiger partial charge < -0.3 is 0 Å². The monoisotopic (exact) mass is 148 g/mol. The lowest BCUT2D eigenvalue weighted by Crippen LogP contribution is -1.83. The summed E-state index contributed by atoms with van der Waals surface area (Å²) in [6, 6.07) is 0. The van der Waals surface area contributed by atoms with E-state index in [1.807, 2.05) is 0 Å². The Bertz CT molecular complexity index is 44.3. The Morgan fingerprint density at radius 1 is 1.00 bits per heavy atom. The SMILES string of the molecule is [O]CCCCCCS[O]. The van der Waals surface area contributed by atoms with Crippen molar-refractivity contribution in [1.82, 2.24) is 0 Å². The molecule has 9 heavy (non-hydrogen) atoms. The van der Waals surface area contributed by atoms with E-state index in [2.05, 4.69) is 0 Å². The van der Waals surface area contributed by atoms with Gasteiger partial charge in [0.25, 0.3) is 0 Å². The van der Waals surface area contributed by atoms with Crippen molar-refractivity contribution < 1.29 is 9.66 Å². The Balaban J connectivity index is 2.60. The molecule has 0 N–H and O–H groups in total. The van der Waals surface area contributed by atoms with Crippen LogP contribution < -0.4 is 0 Å². The zero-order chi connectivity index (χ0) is 6.95. The van der Waals surface area contributed by atoms with E-state index in [9.17, 15) is 9.66 Å². The first-order valence-electron chi connectivity index (χ1n) is 3.24. The summed E-state index contributed by atoms with van der Waals surface area (Å²) in [5, 5.41) is 9.90. The quantitative estimate of drug-likeness (QED) is 0.419. The van der Waals surface area contributed by atoms with Crippen molar-refractivity contribution in [2.75, 3.05) is 12.4 Å². The van der Waals surface area contributed by atoms with Crippen molar-refractivity contribution in [1.29, 1.82) is 0 Å². The molecular formula is C6H12O2S. The molecule has 0 aromatic carbocycles. The second-order valence-corrected chi connectivity index (χ2v) is 2.58. The van der Waals surface area contributed by atoms with Gasteiger partial charge in [-0.2, -0.15) is 4.55 Å². The molecular weight excluding hydrogens is 136 g/mol. The maximum absolute atomic E-state index is 9.90. The van der Waals surface area contributed by atoms with Crippen LogP contribution in [0.4, 0.5) is 0 Å². The standard InChI is InChI=1S/C6H12O2S/c7-5-3-1-2-4-6-9-8/h1-6H2. The van der Waals surface area contributed by atoms with Gasteiger partial charge in [-0.05, 0) is 12.8 Å². The van der Waals surface area contributed by atoms with E-state index in [0.29, 0.717) is 17.8 Å². The molecule has 2 radical (unpaired) electrons. The average molecular weight is 148 g/mol. The van der Waals surface area contributed by atoms with Crippen LogP contribution in [0, 0.1) is 0 Å². The van der Waals surface area contributed by atoms with Crippen molar-refractivity contribution >= 4 is 12.0 Å². The van der Waals surface area contributed by atoms with Crippen LogP contribution in [0.1, 0.15) is 25.7 Å². The van der Waals surface area contributed by atoms with Gasteiger partial charge in [0.05, 0.1) is 6.61 Å². The molecule has 0 amide bonds. The van der Waals surface area contributed by atoms with Crippen LogP contribution in [0.2, 0.25) is 0 Å². The molecule has 0 saturated carbocycles. The van der Waals surface area contributed by atoms with E-state index >= 15 is 0 Å². The highest BCUT2D eigenvalue weighted by Gasteiger charge is 1.88. The van der Waals surface area contributed by atoms with E-state index < -0.39 is 0 Å². The molecule has 0 aromatic rings. The summed E-state index contributed by atoms with van der Waals surface area (Å²) in [7, 11) is 0. The summed E-state index contributed by atoms with van der Waals surface area (Å²) in [6.07, 6.45) is 3.76. The summed E-state index contributed by atoms with van der Waals surface area (Å²) >= 11 is 0.632. The fraction of sp³-hybridized carbons (Fsp3) is 1.00. The third-order valence-corrected chi connectivity index (χ3v) is 1.58. The number of unbranched alkanes of at least 4 members (excludes halogenated alkanes) is 3. The van der Waals surface area contributed by atoms with Gasteiger partial charge in [-0.3, -0.25) is 0 Å². The van der Waals surface area contributed by atoms with Gasteiger partial charge in [-0.1, -0.05) is 12.8 Å². The lowest BCUT2D eigenvalue weighted by molar-refractivity contribution is 0.186. The highest BCUT2D eigenvalue weighted by molar-refractivity contribution is 7.93. The molecule has 0 spiro atoms. The van der Waals surface area contributed by atoms with Crippen molar-refractivity contribution in [3.8, 4) is 0 Å². The topological polar surface area (TPSA) is 39.8 Å². The fourth-order valence-electron chi connectivity index (χ4n) is 0.617. The molecule has 3 heteroatoms. The smallest absolute Gasteiger partial charge is 0.0822 e. The Morgan fingerprint density at radius 3 is 2.22 bits per heavy atom. The molecule has 2 nitrogen and oxygen atoms in total. The predicted octanol–water partition coefficient (Wildman–Crippen LogP) is 2.06. The van der Waals surface area contributed by atoms with Crippen molar-refractivity contribution in [3.63, 3.8) is 0 Å². The third kappa shape index (κ3) is 8.27. The molecule has 0 aromatic heterocycles. The first-order valence-corrected chi connectivity index (χ1v) is 4.15. The normalized spacial score (nSPS) is 10.0. The van der Waals surface area contributed by atoms with E-state index in [4.69, 9.17) is 0 Å². The van der Waals surface area contributed by atoms with Crippen LogP contribution in [0.3, 0.4) is 0 Å². The highest BCUT2D eigenvalue weighted by atomic mass is 32.2. The van der Waals surface area contributed by atoms with Gasteiger partial charge in [0.2, 0.25) is 0 Å². The van der Waals surface area contributed by atoms with Crippen LogP contribution in [0.15, 0.2) is 0 Å². The van der Waals surface area contributed by atoms with Crippen LogP contribution in [0.5, 0.6) is 0 Å². The third-order valence-electron chi connectivity index (χ3n) is 1.12. The Labute approximate surface area is 60.5 Å². The van der Waals surface area contributed by atoms with Gasteiger partial charge in [0, 0.05) is 17.8 Å². The summed E-state index contributed by atoms with van der Waals surface area (Å²) in [5.74, 6) is 0.693. The average Bonchev–Trinajstić information content (AvgIpc) is 1.89. The number of hydrogen-bond acceptors (Lipinski definition) is 1. The number of hydrogen-bond donors (Lipinski definition) is 0. The molecule has 0 unspecified atom stereocenters. The lowest BCUT2D eigenvalue weighted by Gasteiger charge is -1.93. The predicted molar refractivity (Wildman–Crippen MR) is 37.2 cm³/mol. The summed E-state index contributed by atoms with van der Waals surface area (Å²) < 4.78 is 9.82. The Hall–Kier alpha value is 0.270. The maximum atomic E-state index is 9.90. The molecule has 0 aliphatic rings. The van der Waals surface area contributed by atoms with Crippen LogP contribution in [-0.2, 0) is 9.66 Å². The van der Waals surface area contributed by atoms with Crippen molar-refractivity contribution in [2.45, 2.75) is 25.7 Å². The molecule has 0 aliphatic carbocycles. The van der Waals surface area contributed by atoms with Gasteiger partial charge in [0.15, 0.2) is 0 Å². The van der Waals surface area contributed by atoms with E-state index in [-0.39, 0.29) is 6.61 Å². The minimum atomic E-state index is 0.0323. The Morgan fingerprint density at radius 2 is 1.67 bits per heavy atom. The van der Waals surface area contributed by atoms with Crippen molar-refractivity contribution in [2.24, 2.45) is 0 Å². The van der Waals surface area contributed by atoms with Gasteiger partial charge in [-0.25, -0.2) is 5.11 Å². The van der Waals surface area contributed by atoms with Crippen LogP contribution >= 0.6 is 12.0 Å². The molecule has 0 atom stereocenters. The second-order valence-electron chi connectivity index (χ2n) is 1.94. The fourth-order valence-corrected chi connectivity index (χ4v) is 0.939. The van der Waals surface area contributed by atoms with Crippen molar-refractivity contribution in [3.05, 3.63) is 0 Å². The van der Waals surface area contributed by atoms with E-state index in [1.54, 1.807) is 0 Å². The first-order chi connectivity index (χ1) is 4.41. The van der Waals surface area contributed by atoms with Gasteiger partial charge in [-0.15, -0.1) is 0 Å². The molecule has 54 valence electrons. The van der Waals surface area contributed by atoms with Crippen LogP contribution in [-0.4, -0.2) is 12.4 Å². The highest BCUT2D eigenvalue weighted by Crippen LogP contribution is 2.03. The molecule has 0 aliphatic heterocycles. The number of rotatable bonds is 6. The summed E-state index contributed by atoms with van der Waals surface area (Å²) in [4.78, 5) is 0. The molecule has 0 rings (SSSR count). The van der Waals surface area contributed by atoms with Gasteiger partial charge >= 0.3 is 0 Å². The maximum Gasteiger partial charge on any atom is 0.0822 e.